The van der Waals surface area contributed by atoms with Crippen LogP contribution in [0.1, 0.15) is 11.9 Å². The molecule has 0 aromatic carbocycles. The van der Waals surface area contributed by atoms with Crippen LogP contribution in [0.5, 0.6) is 0 Å². The number of alkyl halides is 3. The molecular weight excluding hydrogens is 247 g/mol. The molecule has 1 rings (SSSR count). The molecule has 1 aromatic rings. The van der Waals surface area contributed by atoms with Crippen LogP contribution in [0.3, 0.4) is 0 Å². The van der Waals surface area contributed by atoms with Crippen LogP contribution in [0.15, 0.2) is 0 Å². The summed E-state index contributed by atoms with van der Waals surface area (Å²) in [6.07, 6.45) is -4.93. The molecule has 2 N–H and O–H groups in total. The first kappa shape index (κ1) is 12.7. The maximum absolute atomic E-state index is 12.6. The number of aryl methyl sites for hydroxylation is 1. The summed E-state index contributed by atoms with van der Waals surface area (Å²) in [4.78, 5) is 10.7. The first-order valence-electron chi connectivity index (χ1n) is 4.05. The lowest BCUT2D eigenvalue weighted by molar-refractivity contribution is -0.192. The molecule has 1 atom stereocenters. The average molecular weight is 255 g/mol. The zero-order valence-electron chi connectivity index (χ0n) is 8.29. The molecule has 1 heterocycles. The highest BCUT2D eigenvalue weighted by atomic mass is 32.1. The van der Waals surface area contributed by atoms with Gasteiger partial charge in [0.15, 0.2) is 0 Å². The Morgan fingerprint density at radius 2 is 2.00 bits per heavy atom. The minimum absolute atomic E-state index is 0.181. The Hall–Kier alpha value is -1.38. The molecule has 16 heavy (non-hydrogen) atoms. The number of carbonyl (C=O) groups is 1. The summed E-state index contributed by atoms with van der Waals surface area (Å²) in [6.45, 7) is 2.08. The molecule has 0 saturated heterocycles. The van der Waals surface area contributed by atoms with Crippen molar-refractivity contribution in [1.29, 1.82) is 0 Å². The number of rotatable bonds is 3. The number of nitrogens with zero attached hydrogens (tertiary/aromatic N) is 2. The normalized spacial score (nSPS) is 15.6. The minimum atomic E-state index is -4.93. The molecule has 0 amide bonds. The van der Waals surface area contributed by atoms with E-state index in [1.165, 1.54) is 0 Å². The Balaban J connectivity index is 3.01. The molecule has 0 bridgehead atoms. The number of hydrogen-bond donors (Lipinski definition) is 2. The van der Waals surface area contributed by atoms with Gasteiger partial charge in [0.1, 0.15) is 5.01 Å². The van der Waals surface area contributed by atoms with Gasteiger partial charge in [-0.05, 0) is 13.8 Å². The molecule has 1 unspecified atom stereocenters. The van der Waals surface area contributed by atoms with E-state index in [0.29, 0.717) is 11.9 Å². The summed E-state index contributed by atoms with van der Waals surface area (Å²) in [5.74, 6) is -2.02. The van der Waals surface area contributed by atoms with Crippen LogP contribution < -0.4 is 5.32 Å². The Kier molecular flexibility index (Phi) is 3.08. The lowest BCUT2D eigenvalue weighted by Crippen LogP contribution is -2.55. The molecule has 5 nitrogen and oxygen atoms in total. The molecule has 0 aliphatic carbocycles. The number of aliphatic carboxylic acids is 1. The summed E-state index contributed by atoms with van der Waals surface area (Å²) in [7, 11) is 0. The van der Waals surface area contributed by atoms with Gasteiger partial charge in [-0.2, -0.15) is 13.2 Å². The van der Waals surface area contributed by atoms with E-state index in [1.54, 1.807) is 6.92 Å². The SMILES string of the molecule is Cc1nnc(NC(C)(C(=O)O)C(F)(F)F)s1. The van der Waals surface area contributed by atoms with Crippen LogP contribution >= 0.6 is 11.3 Å². The second-order valence-corrected chi connectivity index (χ2v) is 4.36. The molecule has 0 aliphatic rings. The van der Waals surface area contributed by atoms with Gasteiger partial charge < -0.3 is 10.4 Å². The summed E-state index contributed by atoms with van der Waals surface area (Å²) in [5, 5.41) is 17.6. The average Bonchev–Trinajstić information content (AvgIpc) is 2.48. The lowest BCUT2D eigenvalue weighted by Gasteiger charge is -2.27. The molecule has 0 saturated carbocycles. The van der Waals surface area contributed by atoms with E-state index in [-0.39, 0.29) is 5.13 Å². The van der Waals surface area contributed by atoms with E-state index in [9.17, 15) is 18.0 Å². The van der Waals surface area contributed by atoms with Crippen LogP contribution in [0.4, 0.5) is 18.3 Å². The van der Waals surface area contributed by atoms with Crippen molar-refractivity contribution in [2.45, 2.75) is 25.6 Å². The highest BCUT2D eigenvalue weighted by Crippen LogP contribution is 2.34. The quantitative estimate of drug-likeness (QED) is 0.859. The van der Waals surface area contributed by atoms with Gasteiger partial charge in [-0.3, -0.25) is 0 Å². The van der Waals surface area contributed by atoms with Gasteiger partial charge in [0.2, 0.25) is 10.7 Å². The molecule has 1 aromatic heterocycles. The van der Waals surface area contributed by atoms with Crippen molar-refractivity contribution < 1.29 is 23.1 Å². The first-order chi connectivity index (χ1) is 7.17. The predicted molar refractivity (Wildman–Crippen MR) is 50.4 cm³/mol. The molecule has 0 fully saturated rings. The Bertz CT molecular complexity index is 406. The van der Waals surface area contributed by atoms with Crippen molar-refractivity contribution in [1.82, 2.24) is 10.2 Å². The van der Waals surface area contributed by atoms with Crippen molar-refractivity contribution in [2.75, 3.05) is 5.32 Å². The molecule has 0 radical (unpaired) electrons. The number of carboxylic acid groups (broad SMARTS) is 1. The summed E-state index contributed by atoms with van der Waals surface area (Å²) >= 11 is 0.851. The Labute approximate surface area is 92.3 Å². The van der Waals surface area contributed by atoms with Crippen molar-refractivity contribution in [3.05, 3.63) is 5.01 Å². The van der Waals surface area contributed by atoms with Crippen LogP contribution in [0.2, 0.25) is 0 Å². The number of carboxylic acids is 1. The Morgan fingerprint density at radius 1 is 1.44 bits per heavy atom. The monoisotopic (exact) mass is 255 g/mol. The van der Waals surface area contributed by atoms with Gasteiger partial charge in [-0.25, -0.2) is 4.79 Å². The highest BCUT2D eigenvalue weighted by Gasteiger charge is 2.58. The second-order valence-electron chi connectivity index (χ2n) is 3.18. The lowest BCUT2D eigenvalue weighted by atomic mass is 10.0. The maximum atomic E-state index is 12.6. The smallest absolute Gasteiger partial charge is 0.422 e. The fraction of sp³-hybridized carbons (Fsp3) is 0.571. The van der Waals surface area contributed by atoms with E-state index in [2.05, 4.69) is 10.2 Å². The van der Waals surface area contributed by atoms with E-state index < -0.39 is 17.7 Å². The van der Waals surface area contributed by atoms with E-state index in [0.717, 1.165) is 11.3 Å². The summed E-state index contributed by atoms with van der Waals surface area (Å²) in [5.41, 5.74) is -3.07. The zero-order valence-corrected chi connectivity index (χ0v) is 9.11. The van der Waals surface area contributed by atoms with Gasteiger partial charge in [0, 0.05) is 0 Å². The van der Waals surface area contributed by atoms with Crippen LogP contribution in [-0.2, 0) is 4.79 Å². The molecule has 0 spiro atoms. The fourth-order valence-corrected chi connectivity index (χ4v) is 1.50. The van der Waals surface area contributed by atoms with Crippen LogP contribution in [0, 0.1) is 6.92 Å². The van der Waals surface area contributed by atoms with Gasteiger partial charge in [0.25, 0.3) is 0 Å². The van der Waals surface area contributed by atoms with E-state index in [4.69, 9.17) is 5.11 Å². The number of nitrogens with one attached hydrogen (secondary N) is 1. The molecular formula is C7H8F3N3O2S. The minimum Gasteiger partial charge on any atom is -0.479 e. The third kappa shape index (κ3) is 2.23. The van der Waals surface area contributed by atoms with Gasteiger partial charge in [-0.1, -0.05) is 11.3 Å². The summed E-state index contributed by atoms with van der Waals surface area (Å²) in [6, 6.07) is 0. The first-order valence-corrected chi connectivity index (χ1v) is 4.87. The van der Waals surface area contributed by atoms with Crippen LogP contribution in [-0.4, -0.2) is 33.0 Å². The fourth-order valence-electron chi connectivity index (χ4n) is 0.807. The topological polar surface area (TPSA) is 75.1 Å². The second kappa shape index (κ2) is 3.89. The standard InChI is InChI=1S/C7H8F3N3O2S/c1-3-12-13-5(16-3)11-6(2,4(14)15)7(8,9)10/h1-2H3,(H,11,13)(H,14,15). The van der Waals surface area contributed by atoms with Crippen LogP contribution in [0.25, 0.3) is 0 Å². The van der Waals surface area contributed by atoms with Crippen molar-refractivity contribution in [3.63, 3.8) is 0 Å². The van der Waals surface area contributed by atoms with E-state index >= 15 is 0 Å². The van der Waals surface area contributed by atoms with Gasteiger partial charge >= 0.3 is 12.1 Å². The molecule has 9 heteroatoms. The molecule has 0 aliphatic heterocycles. The van der Waals surface area contributed by atoms with Crippen molar-refractivity contribution in [3.8, 4) is 0 Å². The number of aromatic nitrogens is 2. The summed E-state index contributed by atoms with van der Waals surface area (Å²) < 4.78 is 37.7. The largest absolute Gasteiger partial charge is 0.479 e. The number of halogens is 3. The Morgan fingerprint density at radius 3 is 2.31 bits per heavy atom. The zero-order chi connectivity index (χ0) is 12.6. The predicted octanol–water partition coefficient (Wildman–Crippen LogP) is 1.66. The third-order valence-electron chi connectivity index (χ3n) is 1.88. The molecule has 90 valence electrons. The van der Waals surface area contributed by atoms with E-state index in [1.807, 2.05) is 5.32 Å². The maximum Gasteiger partial charge on any atom is 0.422 e. The van der Waals surface area contributed by atoms with Gasteiger partial charge in [-0.15, -0.1) is 10.2 Å². The van der Waals surface area contributed by atoms with Crippen molar-refractivity contribution in [2.24, 2.45) is 0 Å². The highest BCUT2D eigenvalue weighted by molar-refractivity contribution is 7.15. The number of hydrogen-bond acceptors (Lipinski definition) is 5. The van der Waals surface area contributed by atoms with Gasteiger partial charge in [0.05, 0.1) is 0 Å². The third-order valence-corrected chi connectivity index (χ3v) is 2.63. The van der Waals surface area contributed by atoms with Crippen molar-refractivity contribution >= 4 is 22.4 Å². The number of anilines is 1.